The van der Waals surface area contributed by atoms with Crippen molar-refractivity contribution in [1.29, 1.82) is 0 Å². The van der Waals surface area contributed by atoms with Gasteiger partial charge < -0.3 is 15.1 Å². The topological polar surface area (TPSA) is 48.5 Å². The first-order valence-electron chi connectivity index (χ1n) is 8.81. The number of piperidine rings is 1. The summed E-state index contributed by atoms with van der Waals surface area (Å²) in [5.74, 6) is 1.60. The summed E-state index contributed by atoms with van der Waals surface area (Å²) in [6.07, 6.45) is 6.08. The number of nitrogens with zero attached hydrogens (tertiary/aromatic N) is 3. The van der Waals surface area contributed by atoms with Gasteiger partial charge in [-0.15, -0.1) is 0 Å². The number of aromatic nitrogens is 1. The summed E-state index contributed by atoms with van der Waals surface area (Å²) in [6.45, 7) is 5.76. The first kappa shape index (κ1) is 16.2. The molecule has 1 aromatic heterocycles. The average molecular weight is 316 g/mol. The summed E-state index contributed by atoms with van der Waals surface area (Å²) in [5, 5.41) is 3.22. The van der Waals surface area contributed by atoms with Crippen LogP contribution >= 0.6 is 0 Å². The smallest absolute Gasteiger partial charge is 0.226 e. The lowest BCUT2D eigenvalue weighted by Crippen LogP contribution is -2.46. The first-order valence-corrected chi connectivity index (χ1v) is 8.81. The molecule has 2 aliphatic rings. The standard InChI is InChI=1S/C18H28N4O/c1-14-5-6-17(20-12-14)21-10-7-15(8-11-21)18(23)22-9-3-4-16(22)13-19-2/h5-6,12,15-16,19H,3-4,7-11,13H2,1-2H3/t16-/m0/s1. The summed E-state index contributed by atoms with van der Waals surface area (Å²) in [7, 11) is 1.97. The zero-order valence-electron chi connectivity index (χ0n) is 14.3. The lowest BCUT2D eigenvalue weighted by molar-refractivity contribution is -0.136. The quantitative estimate of drug-likeness (QED) is 0.920. The minimum atomic E-state index is 0.189. The third-order valence-corrected chi connectivity index (χ3v) is 5.16. The highest BCUT2D eigenvalue weighted by molar-refractivity contribution is 5.79. The Morgan fingerprint density at radius 3 is 2.70 bits per heavy atom. The molecular formula is C18H28N4O. The van der Waals surface area contributed by atoms with Gasteiger partial charge in [0.25, 0.3) is 0 Å². The van der Waals surface area contributed by atoms with Crippen LogP contribution in [-0.2, 0) is 4.79 Å². The van der Waals surface area contributed by atoms with Crippen LogP contribution in [0.25, 0.3) is 0 Å². The van der Waals surface area contributed by atoms with Crippen molar-refractivity contribution in [3.8, 4) is 0 Å². The molecule has 0 aromatic carbocycles. The molecule has 23 heavy (non-hydrogen) atoms. The van der Waals surface area contributed by atoms with Gasteiger partial charge in [0.05, 0.1) is 0 Å². The van der Waals surface area contributed by atoms with E-state index in [1.165, 1.54) is 5.56 Å². The summed E-state index contributed by atoms with van der Waals surface area (Å²) in [5.41, 5.74) is 1.18. The Bertz CT molecular complexity index is 522. The Morgan fingerprint density at radius 1 is 1.26 bits per heavy atom. The molecule has 0 aliphatic carbocycles. The minimum Gasteiger partial charge on any atom is -0.357 e. The lowest BCUT2D eigenvalue weighted by Gasteiger charge is -2.35. The van der Waals surface area contributed by atoms with Crippen LogP contribution in [0.3, 0.4) is 0 Å². The Kier molecular flexibility index (Phi) is 5.16. The van der Waals surface area contributed by atoms with E-state index < -0.39 is 0 Å². The van der Waals surface area contributed by atoms with Gasteiger partial charge >= 0.3 is 0 Å². The van der Waals surface area contributed by atoms with Crippen molar-refractivity contribution in [1.82, 2.24) is 15.2 Å². The molecule has 2 saturated heterocycles. The number of rotatable bonds is 4. The van der Waals surface area contributed by atoms with Crippen LogP contribution < -0.4 is 10.2 Å². The molecule has 1 N–H and O–H groups in total. The van der Waals surface area contributed by atoms with Gasteiger partial charge in [-0.3, -0.25) is 4.79 Å². The first-order chi connectivity index (χ1) is 11.2. The van der Waals surface area contributed by atoms with Gasteiger partial charge in [0, 0.05) is 44.3 Å². The second-order valence-corrected chi connectivity index (χ2v) is 6.84. The fourth-order valence-electron chi connectivity index (χ4n) is 3.81. The summed E-state index contributed by atoms with van der Waals surface area (Å²) >= 11 is 0. The van der Waals surface area contributed by atoms with E-state index >= 15 is 0 Å². The van der Waals surface area contributed by atoms with Crippen molar-refractivity contribution in [3.63, 3.8) is 0 Å². The zero-order chi connectivity index (χ0) is 16.2. The molecule has 0 spiro atoms. The molecular weight excluding hydrogens is 288 g/mol. The van der Waals surface area contributed by atoms with Gasteiger partial charge in [-0.2, -0.15) is 0 Å². The molecule has 1 amide bonds. The minimum absolute atomic E-state index is 0.189. The Labute approximate surface area is 139 Å². The predicted molar refractivity (Wildman–Crippen MR) is 92.6 cm³/mol. The Hall–Kier alpha value is -1.62. The highest BCUT2D eigenvalue weighted by atomic mass is 16.2. The van der Waals surface area contributed by atoms with Gasteiger partial charge in [0.2, 0.25) is 5.91 Å². The van der Waals surface area contributed by atoms with Crippen molar-refractivity contribution in [2.45, 2.75) is 38.6 Å². The highest BCUT2D eigenvalue weighted by Crippen LogP contribution is 2.26. The molecule has 0 unspecified atom stereocenters. The normalized spacial score (nSPS) is 22.6. The molecule has 2 fully saturated rings. The number of carbonyl (C=O) groups excluding carboxylic acids is 1. The molecule has 5 heteroatoms. The molecule has 3 rings (SSSR count). The van der Waals surface area contributed by atoms with E-state index in [9.17, 15) is 4.79 Å². The van der Waals surface area contributed by atoms with E-state index in [0.29, 0.717) is 11.9 Å². The number of hydrogen-bond acceptors (Lipinski definition) is 4. The number of hydrogen-bond donors (Lipinski definition) is 1. The molecule has 126 valence electrons. The van der Waals surface area contributed by atoms with E-state index in [1.54, 1.807) is 0 Å². The van der Waals surface area contributed by atoms with Gasteiger partial charge in [-0.05, 0) is 51.3 Å². The maximum Gasteiger partial charge on any atom is 0.226 e. The van der Waals surface area contributed by atoms with Crippen LogP contribution in [0.4, 0.5) is 5.82 Å². The molecule has 0 bridgehead atoms. The van der Waals surface area contributed by atoms with E-state index in [0.717, 1.165) is 57.7 Å². The Balaban J connectivity index is 1.56. The fraction of sp³-hybridized carbons (Fsp3) is 0.667. The van der Waals surface area contributed by atoms with Gasteiger partial charge in [-0.25, -0.2) is 4.98 Å². The van der Waals surface area contributed by atoms with Crippen molar-refractivity contribution < 1.29 is 4.79 Å². The van der Waals surface area contributed by atoms with Crippen molar-refractivity contribution in [3.05, 3.63) is 23.9 Å². The predicted octanol–water partition coefficient (Wildman–Crippen LogP) is 1.82. The van der Waals surface area contributed by atoms with Gasteiger partial charge in [-0.1, -0.05) is 6.07 Å². The third-order valence-electron chi connectivity index (χ3n) is 5.16. The molecule has 0 saturated carbocycles. The van der Waals surface area contributed by atoms with E-state index in [4.69, 9.17) is 0 Å². The van der Waals surface area contributed by atoms with Crippen LogP contribution in [0.2, 0.25) is 0 Å². The lowest BCUT2D eigenvalue weighted by atomic mass is 9.95. The summed E-state index contributed by atoms with van der Waals surface area (Å²) in [6, 6.07) is 4.58. The molecule has 5 nitrogen and oxygen atoms in total. The van der Waals surface area contributed by atoms with Crippen molar-refractivity contribution in [2.24, 2.45) is 5.92 Å². The summed E-state index contributed by atoms with van der Waals surface area (Å²) in [4.78, 5) is 21.8. The van der Waals surface area contributed by atoms with E-state index in [2.05, 4.69) is 39.2 Å². The van der Waals surface area contributed by atoms with Crippen LogP contribution in [-0.4, -0.2) is 55.1 Å². The maximum atomic E-state index is 12.8. The van der Waals surface area contributed by atoms with Crippen molar-refractivity contribution in [2.75, 3.05) is 38.1 Å². The molecule has 0 radical (unpaired) electrons. The Morgan fingerprint density at radius 2 is 2.04 bits per heavy atom. The fourth-order valence-corrected chi connectivity index (χ4v) is 3.81. The number of anilines is 1. The number of carbonyl (C=O) groups is 1. The van der Waals surface area contributed by atoms with Gasteiger partial charge in [0.1, 0.15) is 5.82 Å². The van der Waals surface area contributed by atoms with Crippen molar-refractivity contribution >= 4 is 11.7 Å². The molecule has 3 heterocycles. The molecule has 2 aliphatic heterocycles. The number of amides is 1. The van der Waals surface area contributed by atoms with Crippen LogP contribution in [0, 0.1) is 12.8 Å². The van der Waals surface area contributed by atoms with Gasteiger partial charge in [0.15, 0.2) is 0 Å². The SMILES string of the molecule is CNC[C@@H]1CCCN1C(=O)C1CCN(c2ccc(C)cn2)CC1. The number of likely N-dealkylation sites (N-methyl/N-ethyl adjacent to an activating group) is 1. The van der Waals surface area contributed by atoms with Crippen LogP contribution in [0.15, 0.2) is 18.3 Å². The van der Waals surface area contributed by atoms with Crippen LogP contribution in [0.5, 0.6) is 0 Å². The van der Waals surface area contributed by atoms with Crippen LogP contribution in [0.1, 0.15) is 31.2 Å². The molecule has 1 atom stereocenters. The van der Waals surface area contributed by atoms with E-state index in [1.807, 2.05) is 13.2 Å². The third kappa shape index (κ3) is 3.66. The highest BCUT2D eigenvalue weighted by Gasteiger charge is 2.34. The molecule has 1 aromatic rings. The summed E-state index contributed by atoms with van der Waals surface area (Å²) < 4.78 is 0. The second-order valence-electron chi connectivity index (χ2n) is 6.84. The monoisotopic (exact) mass is 316 g/mol. The number of likely N-dealkylation sites (tertiary alicyclic amines) is 1. The maximum absolute atomic E-state index is 12.8. The largest absolute Gasteiger partial charge is 0.357 e. The number of aryl methyl sites for hydroxylation is 1. The second kappa shape index (κ2) is 7.30. The number of nitrogens with one attached hydrogen (secondary N) is 1. The zero-order valence-corrected chi connectivity index (χ0v) is 14.3. The average Bonchev–Trinajstić information content (AvgIpc) is 3.04. The number of pyridine rings is 1. The van der Waals surface area contributed by atoms with E-state index in [-0.39, 0.29) is 5.92 Å².